The Labute approximate surface area is 205 Å². The molecule has 172 valence electrons. The van der Waals surface area contributed by atoms with Crippen LogP contribution in [0.3, 0.4) is 0 Å². The van der Waals surface area contributed by atoms with Gasteiger partial charge in [0.05, 0.1) is 16.3 Å². The molecular formula is C25H18Cl2N2O5. The maximum absolute atomic E-state index is 12.9. The number of ether oxygens (including phenoxy) is 1. The highest BCUT2D eigenvalue weighted by Crippen LogP contribution is 2.31. The van der Waals surface area contributed by atoms with Crippen LogP contribution in [0.1, 0.15) is 22.8 Å². The molecule has 1 aliphatic rings. The average Bonchev–Trinajstić information content (AvgIpc) is 3.05. The fourth-order valence-electron chi connectivity index (χ4n) is 3.28. The first-order valence-electron chi connectivity index (χ1n) is 10.2. The maximum atomic E-state index is 12.9. The largest absolute Gasteiger partial charge is 0.506 e. The topological polar surface area (TPSA) is 95.9 Å². The van der Waals surface area contributed by atoms with Gasteiger partial charge < -0.3 is 15.2 Å². The summed E-state index contributed by atoms with van der Waals surface area (Å²) in [6, 6.07) is 17.2. The van der Waals surface area contributed by atoms with Crippen LogP contribution in [0.15, 0.2) is 77.5 Å². The molecule has 1 heterocycles. The molecule has 0 aliphatic carbocycles. The van der Waals surface area contributed by atoms with Crippen LogP contribution in [0, 0.1) is 0 Å². The number of anilines is 2. The Kier molecular flexibility index (Phi) is 6.58. The lowest BCUT2D eigenvalue weighted by Gasteiger charge is -2.15. The van der Waals surface area contributed by atoms with E-state index in [4.69, 9.17) is 27.9 Å². The van der Waals surface area contributed by atoms with Crippen LogP contribution in [0.2, 0.25) is 5.02 Å². The predicted molar refractivity (Wildman–Crippen MR) is 129 cm³/mol. The van der Waals surface area contributed by atoms with Gasteiger partial charge in [0.2, 0.25) is 0 Å². The summed E-state index contributed by atoms with van der Waals surface area (Å²) in [6.45, 7) is 2.01. The molecule has 2 N–H and O–H groups in total. The van der Waals surface area contributed by atoms with Crippen molar-refractivity contribution < 1.29 is 24.2 Å². The zero-order valence-electron chi connectivity index (χ0n) is 17.8. The van der Waals surface area contributed by atoms with E-state index in [1.165, 1.54) is 30.3 Å². The molecule has 0 aromatic heterocycles. The third-order valence-electron chi connectivity index (χ3n) is 5.15. The standard InChI is InChI=1S/C25H18Cl2N2O5/c1-2-14-3-9-17(10-4-14)29-23(31)21(27)22(24(29)32)28-16-7-5-15(6-8-16)25(33)34-18-11-12-19(26)20(30)13-18/h3-13,28,30H,2H2,1H3. The van der Waals surface area contributed by atoms with E-state index >= 15 is 0 Å². The SMILES string of the molecule is CCc1ccc(N2C(=O)C(Cl)=C(Nc3ccc(C(=O)Oc4ccc(Cl)c(O)c4)cc3)C2=O)cc1. The van der Waals surface area contributed by atoms with Gasteiger partial charge in [-0.25, -0.2) is 9.69 Å². The van der Waals surface area contributed by atoms with Crippen molar-refractivity contribution in [1.29, 1.82) is 0 Å². The molecule has 3 aromatic carbocycles. The number of carbonyl (C=O) groups excluding carboxylic acids is 3. The fourth-order valence-corrected chi connectivity index (χ4v) is 3.61. The molecular weight excluding hydrogens is 479 g/mol. The summed E-state index contributed by atoms with van der Waals surface area (Å²) in [6.07, 6.45) is 0.833. The van der Waals surface area contributed by atoms with E-state index in [0.717, 1.165) is 16.9 Å². The first-order chi connectivity index (χ1) is 16.3. The molecule has 0 fully saturated rings. The molecule has 3 aromatic rings. The van der Waals surface area contributed by atoms with E-state index in [-0.39, 0.29) is 32.8 Å². The van der Waals surface area contributed by atoms with Crippen molar-refractivity contribution in [2.24, 2.45) is 0 Å². The van der Waals surface area contributed by atoms with Crippen molar-refractivity contribution in [3.05, 3.63) is 93.6 Å². The second-order valence-electron chi connectivity index (χ2n) is 7.36. The van der Waals surface area contributed by atoms with E-state index in [1.54, 1.807) is 24.3 Å². The summed E-state index contributed by atoms with van der Waals surface area (Å²) >= 11 is 11.9. The molecule has 1 aliphatic heterocycles. The Morgan fingerprint density at radius 2 is 1.65 bits per heavy atom. The molecule has 0 unspecified atom stereocenters. The van der Waals surface area contributed by atoms with E-state index in [0.29, 0.717) is 11.4 Å². The van der Waals surface area contributed by atoms with Crippen molar-refractivity contribution >= 4 is 52.4 Å². The number of halogens is 2. The number of nitrogens with zero attached hydrogens (tertiary/aromatic N) is 1. The summed E-state index contributed by atoms with van der Waals surface area (Å²) in [7, 11) is 0. The van der Waals surface area contributed by atoms with E-state index in [1.807, 2.05) is 19.1 Å². The number of phenols is 1. The van der Waals surface area contributed by atoms with Crippen molar-refractivity contribution in [3.63, 3.8) is 0 Å². The molecule has 0 spiro atoms. The summed E-state index contributed by atoms with van der Waals surface area (Å²) in [5.74, 6) is -1.93. The Morgan fingerprint density at radius 1 is 0.971 bits per heavy atom. The van der Waals surface area contributed by atoms with E-state index in [2.05, 4.69) is 5.32 Å². The van der Waals surface area contributed by atoms with Gasteiger partial charge in [-0.1, -0.05) is 42.3 Å². The number of imide groups is 1. The number of esters is 1. The number of benzene rings is 3. The van der Waals surface area contributed by atoms with Gasteiger partial charge in [-0.3, -0.25) is 9.59 Å². The molecule has 9 heteroatoms. The van der Waals surface area contributed by atoms with Crippen molar-refractivity contribution in [1.82, 2.24) is 0 Å². The Morgan fingerprint density at radius 3 is 2.26 bits per heavy atom. The van der Waals surface area contributed by atoms with Gasteiger partial charge in [-0.15, -0.1) is 0 Å². The number of nitrogens with one attached hydrogen (secondary N) is 1. The average molecular weight is 497 g/mol. The van der Waals surface area contributed by atoms with Crippen LogP contribution >= 0.6 is 23.2 Å². The van der Waals surface area contributed by atoms with Crippen LogP contribution in [0.4, 0.5) is 11.4 Å². The van der Waals surface area contributed by atoms with Crippen LogP contribution in [-0.2, 0) is 16.0 Å². The Balaban J connectivity index is 1.47. The third kappa shape index (κ3) is 4.62. The van der Waals surface area contributed by atoms with Gasteiger partial charge in [0, 0.05) is 11.8 Å². The molecule has 0 bridgehead atoms. The van der Waals surface area contributed by atoms with Gasteiger partial charge in [0.1, 0.15) is 22.2 Å². The third-order valence-corrected chi connectivity index (χ3v) is 5.82. The second kappa shape index (κ2) is 9.59. The van der Waals surface area contributed by atoms with Crippen LogP contribution in [0.25, 0.3) is 0 Å². The molecule has 0 saturated carbocycles. The lowest BCUT2D eigenvalue weighted by atomic mass is 10.1. The van der Waals surface area contributed by atoms with Crippen molar-refractivity contribution in [3.8, 4) is 11.5 Å². The van der Waals surface area contributed by atoms with Crippen molar-refractivity contribution in [2.45, 2.75) is 13.3 Å². The molecule has 0 radical (unpaired) electrons. The summed E-state index contributed by atoms with van der Waals surface area (Å²) in [4.78, 5) is 38.9. The van der Waals surface area contributed by atoms with Crippen LogP contribution in [0.5, 0.6) is 11.5 Å². The minimum Gasteiger partial charge on any atom is -0.506 e. The van der Waals surface area contributed by atoms with Gasteiger partial charge >= 0.3 is 5.97 Å². The van der Waals surface area contributed by atoms with E-state index < -0.39 is 17.8 Å². The highest BCUT2D eigenvalue weighted by Gasteiger charge is 2.38. The monoisotopic (exact) mass is 496 g/mol. The predicted octanol–water partition coefficient (Wildman–Crippen LogP) is 5.26. The zero-order chi connectivity index (χ0) is 24.4. The molecule has 7 nitrogen and oxygen atoms in total. The molecule has 4 rings (SSSR count). The number of phenolic OH excluding ortho intramolecular Hbond substituents is 1. The number of aryl methyl sites for hydroxylation is 1. The summed E-state index contributed by atoms with van der Waals surface area (Å²) in [5.41, 5.74) is 2.11. The normalized spacial score (nSPS) is 13.4. The highest BCUT2D eigenvalue weighted by molar-refractivity contribution is 6.53. The second-order valence-corrected chi connectivity index (χ2v) is 8.14. The number of amides is 2. The fraction of sp³-hybridized carbons (Fsp3) is 0.0800. The lowest BCUT2D eigenvalue weighted by molar-refractivity contribution is -0.120. The molecule has 0 saturated heterocycles. The summed E-state index contributed by atoms with van der Waals surface area (Å²) in [5, 5.41) is 12.4. The smallest absolute Gasteiger partial charge is 0.343 e. The first-order valence-corrected chi connectivity index (χ1v) is 11.0. The number of aromatic hydroxyl groups is 1. The molecule has 34 heavy (non-hydrogen) atoms. The van der Waals surface area contributed by atoms with Crippen LogP contribution < -0.4 is 15.0 Å². The van der Waals surface area contributed by atoms with Crippen LogP contribution in [-0.4, -0.2) is 22.9 Å². The Hall–Kier alpha value is -3.81. The van der Waals surface area contributed by atoms with E-state index in [9.17, 15) is 19.5 Å². The van der Waals surface area contributed by atoms with Crippen molar-refractivity contribution in [2.75, 3.05) is 10.2 Å². The minimum absolute atomic E-state index is 0.0572. The molecule has 2 amide bonds. The number of hydrogen-bond donors (Lipinski definition) is 2. The minimum atomic E-state index is -0.653. The molecule has 0 atom stereocenters. The summed E-state index contributed by atoms with van der Waals surface area (Å²) < 4.78 is 5.22. The zero-order valence-corrected chi connectivity index (χ0v) is 19.4. The van der Waals surface area contributed by atoms with Gasteiger partial charge in [-0.2, -0.15) is 0 Å². The van der Waals surface area contributed by atoms with Gasteiger partial charge in [-0.05, 0) is 60.5 Å². The highest BCUT2D eigenvalue weighted by atomic mass is 35.5. The number of hydrogen-bond acceptors (Lipinski definition) is 6. The first kappa shape index (κ1) is 23.4. The number of carbonyl (C=O) groups is 3. The quantitative estimate of drug-likeness (QED) is 0.274. The lowest BCUT2D eigenvalue weighted by Crippen LogP contribution is -2.32. The van der Waals surface area contributed by atoms with Gasteiger partial charge in [0.15, 0.2) is 0 Å². The van der Waals surface area contributed by atoms with Gasteiger partial charge in [0.25, 0.3) is 11.8 Å². The Bertz CT molecular complexity index is 1320. The maximum Gasteiger partial charge on any atom is 0.343 e. The number of rotatable bonds is 6.